The lowest BCUT2D eigenvalue weighted by molar-refractivity contribution is -0.159. The van der Waals surface area contributed by atoms with Crippen LogP contribution in [0.4, 0.5) is 0 Å². The monoisotopic (exact) mass is 406 g/mol. The molecule has 28 heavy (non-hydrogen) atoms. The molecule has 2 saturated heterocycles. The van der Waals surface area contributed by atoms with E-state index in [0.717, 1.165) is 32.3 Å². The molecule has 3 aliphatic carbocycles. The third-order valence-electron chi connectivity index (χ3n) is 6.35. The summed E-state index contributed by atoms with van der Waals surface area (Å²) in [6.07, 6.45) is 0. The first kappa shape index (κ1) is 16.4. The molecule has 2 fully saturated rings. The van der Waals surface area contributed by atoms with Gasteiger partial charge in [-0.1, -0.05) is 72.5 Å². The molecule has 2 bridgehead atoms. The highest BCUT2D eigenvalue weighted by molar-refractivity contribution is 8.23. The minimum Gasteiger partial charge on any atom is -0.272 e. The van der Waals surface area contributed by atoms with Crippen LogP contribution in [0.15, 0.2) is 48.5 Å². The second kappa shape index (κ2) is 5.52. The summed E-state index contributed by atoms with van der Waals surface area (Å²) in [5, 5.41) is 2.16. The lowest BCUT2D eigenvalue weighted by atomic mass is 9.55. The normalized spacial score (nSPS) is 30.0. The predicted octanol–water partition coefficient (Wildman–Crippen LogP) is 2.65. The Labute approximate surface area is 170 Å². The molecular formula is C21H14N2O3S2. The Hall–Kier alpha value is -2.51. The van der Waals surface area contributed by atoms with E-state index >= 15 is 0 Å². The Morgan fingerprint density at radius 2 is 1.18 bits per heavy atom. The minimum absolute atomic E-state index is 0.165. The smallest absolute Gasteiger partial charge is 0.258 e. The average Bonchev–Trinajstić information content (AvgIpc) is 3.18. The first-order valence-electron chi connectivity index (χ1n) is 9.14. The Kier molecular flexibility index (Phi) is 3.24. The summed E-state index contributed by atoms with van der Waals surface area (Å²) in [7, 11) is 0. The largest absolute Gasteiger partial charge is 0.272 e. The highest BCUT2D eigenvalue weighted by Crippen LogP contribution is 2.61. The molecule has 0 spiro atoms. The maximum Gasteiger partial charge on any atom is 0.258 e. The third-order valence-corrected chi connectivity index (χ3v) is 7.69. The van der Waals surface area contributed by atoms with Crippen molar-refractivity contribution in [2.45, 2.75) is 11.8 Å². The average molecular weight is 406 g/mol. The summed E-state index contributed by atoms with van der Waals surface area (Å²) in [5.41, 5.74) is 4.45. The second-order valence-electron chi connectivity index (χ2n) is 7.51. The standard InChI is InChI=1S/C21H14N2O3S2/c24-14-9-28-21(27)22(14)23-19(25)17-15-10-5-1-2-6-11(10)16(18(17)20(23)26)13-8-4-3-7-12(13)15/h1-8,15-18H,9H2/t15?,16?,17-,18+. The first-order valence-corrected chi connectivity index (χ1v) is 10.5. The lowest BCUT2D eigenvalue weighted by Crippen LogP contribution is -2.49. The van der Waals surface area contributed by atoms with E-state index in [1.165, 1.54) is 11.8 Å². The van der Waals surface area contributed by atoms with Crippen molar-refractivity contribution in [3.05, 3.63) is 70.8 Å². The van der Waals surface area contributed by atoms with Crippen molar-refractivity contribution < 1.29 is 14.4 Å². The number of rotatable bonds is 1. The van der Waals surface area contributed by atoms with E-state index in [-0.39, 0.29) is 39.6 Å². The van der Waals surface area contributed by atoms with Gasteiger partial charge in [0.05, 0.1) is 17.6 Å². The van der Waals surface area contributed by atoms with Gasteiger partial charge in [0.2, 0.25) is 0 Å². The van der Waals surface area contributed by atoms with Crippen LogP contribution in [0.25, 0.3) is 0 Å². The molecule has 7 heteroatoms. The lowest BCUT2D eigenvalue weighted by Gasteiger charge is -2.45. The fourth-order valence-corrected chi connectivity index (χ4v) is 6.43. The zero-order valence-corrected chi connectivity index (χ0v) is 16.2. The van der Waals surface area contributed by atoms with Crippen LogP contribution in [0.2, 0.25) is 0 Å². The van der Waals surface area contributed by atoms with Crippen LogP contribution >= 0.6 is 24.0 Å². The molecule has 2 aromatic rings. The molecule has 5 aliphatic rings. The SMILES string of the molecule is O=C1CSC(=S)N1N1C(=O)[C@@H]2C3c4ccccc4C(c4ccccc43)[C@@H]2C1=O. The highest BCUT2D eigenvalue weighted by Gasteiger charge is 2.63. The Morgan fingerprint density at radius 3 is 1.54 bits per heavy atom. The van der Waals surface area contributed by atoms with Crippen LogP contribution in [-0.4, -0.2) is 37.8 Å². The summed E-state index contributed by atoms with van der Waals surface area (Å²) in [6.45, 7) is 0. The van der Waals surface area contributed by atoms with Gasteiger partial charge >= 0.3 is 0 Å². The zero-order valence-electron chi connectivity index (χ0n) is 14.6. The summed E-state index contributed by atoms with van der Waals surface area (Å²) in [4.78, 5) is 39.3. The van der Waals surface area contributed by atoms with Crippen LogP contribution in [0.1, 0.15) is 34.1 Å². The molecule has 2 heterocycles. The molecule has 2 aliphatic heterocycles. The van der Waals surface area contributed by atoms with Gasteiger partial charge < -0.3 is 0 Å². The van der Waals surface area contributed by atoms with Crippen LogP contribution in [0.5, 0.6) is 0 Å². The summed E-state index contributed by atoms with van der Waals surface area (Å²) in [6, 6.07) is 16.1. The molecule has 138 valence electrons. The van der Waals surface area contributed by atoms with Gasteiger partial charge in [-0.3, -0.25) is 14.4 Å². The van der Waals surface area contributed by atoms with E-state index in [1.807, 2.05) is 24.3 Å². The van der Waals surface area contributed by atoms with Gasteiger partial charge in [-0.15, -0.1) is 0 Å². The number of nitrogens with zero attached hydrogens (tertiary/aromatic N) is 2. The van der Waals surface area contributed by atoms with Gasteiger partial charge in [-0.2, -0.15) is 10.0 Å². The molecule has 2 aromatic carbocycles. The topological polar surface area (TPSA) is 57.7 Å². The van der Waals surface area contributed by atoms with Crippen molar-refractivity contribution in [3.63, 3.8) is 0 Å². The van der Waals surface area contributed by atoms with Gasteiger partial charge in [-0.05, 0) is 22.3 Å². The molecule has 0 aromatic heterocycles. The second-order valence-corrected chi connectivity index (χ2v) is 9.12. The quantitative estimate of drug-likeness (QED) is 0.538. The van der Waals surface area contributed by atoms with Crippen molar-refractivity contribution in [2.75, 3.05) is 5.75 Å². The fourth-order valence-electron chi connectivity index (χ4n) is 5.40. The van der Waals surface area contributed by atoms with Crippen molar-refractivity contribution in [3.8, 4) is 0 Å². The number of carbonyl (C=O) groups excluding carboxylic acids is 3. The van der Waals surface area contributed by atoms with E-state index in [1.54, 1.807) is 0 Å². The number of thiocarbonyl (C=S) groups is 1. The number of hydrazine groups is 1. The van der Waals surface area contributed by atoms with E-state index in [4.69, 9.17) is 12.2 Å². The van der Waals surface area contributed by atoms with E-state index in [9.17, 15) is 14.4 Å². The number of thioether (sulfide) groups is 1. The number of carbonyl (C=O) groups is 3. The van der Waals surface area contributed by atoms with Crippen LogP contribution < -0.4 is 0 Å². The van der Waals surface area contributed by atoms with E-state index in [0.29, 0.717) is 0 Å². The molecule has 5 nitrogen and oxygen atoms in total. The maximum absolute atomic E-state index is 13.5. The molecule has 2 atom stereocenters. The van der Waals surface area contributed by atoms with Gasteiger partial charge in [0.25, 0.3) is 17.7 Å². The van der Waals surface area contributed by atoms with Gasteiger partial charge in [0.1, 0.15) is 0 Å². The molecule has 3 amide bonds. The summed E-state index contributed by atoms with van der Waals surface area (Å²) in [5.74, 6) is -2.12. The van der Waals surface area contributed by atoms with Crippen molar-refractivity contribution in [1.29, 1.82) is 0 Å². The van der Waals surface area contributed by atoms with Gasteiger partial charge in [0.15, 0.2) is 4.32 Å². The summed E-state index contributed by atoms with van der Waals surface area (Å²) < 4.78 is 0.271. The van der Waals surface area contributed by atoms with Crippen molar-refractivity contribution in [2.24, 2.45) is 11.8 Å². The van der Waals surface area contributed by atoms with Crippen molar-refractivity contribution >= 4 is 46.0 Å². The fraction of sp³-hybridized carbons (Fsp3) is 0.238. The first-order chi connectivity index (χ1) is 13.6. The predicted molar refractivity (Wildman–Crippen MR) is 107 cm³/mol. The van der Waals surface area contributed by atoms with Crippen LogP contribution in [0.3, 0.4) is 0 Å². The molecule has 7 rings (SSSR count). The van der Waals surface area contributed by atoms with Gasteiger partial charge in [-0.25, -0.2) is 0 Å². The molecule has 0 saturated carbocycles. The van der Waals surface area contributed by atoms with Crippen LogP contribution in [0, 0.1) is 11.8 Å². The molecule has 0 radical (unpaired) electrons. The van der Waals surface area contributed by atoms with E-state index in [2.05, 4.69) is 24.3 Å². The van der Waals surface area contributed by atoms with Gasteiger partial charge in [0, 0.05) is 11.8 Å². The van der Waals surface area contributed by atoms with E-state index < -0.39 is 11.8 Å². The third kappa shape index (κ3) is 1.83. The summed E-state index contributed by atoms with van der Waals surface area (Å²) >= 11 is 6.45. The number of hydrogen-bond donors (Lipinski definition) is 0. The Morgan fingerprint density at radius 1 is 0.750 bits per heavy atom. The highest BCUT2D eigenvalue weighted by atomic mass is 32.2. The number of imide groups is 1. The Balaban J connectivity index is 1.56. The zero-order chi connectivity index (χ0) is 19.2. The van der Waals surface area contributed by atoms with Crippen LogP contribution in [-0.2, 0) is 14.4 Å². The molecular weight excluding hydrogens is 392 g/mol. The van der Waals surface area contributed by atoms with Crippen molar-refractivity contribution in [1.82, 2.24) is 10.0 Å². The molecule has 0 unspecified atom stereocenters. The Bertz CT molecular complexity index is 983. The number of amides is 3. The molecule has 0 N–H and O–H groups in total. The maximum atomic E-state index is 13.5. The number of hydrogen-bond acceptors (Lipinski definition) is 5. The number of benzene rings is 2. The minimum atomic E-state index is -0.497.